The Morgan fingerprint density at radius 1 is 0.920 bits per heavy atom. The smallest absolute Gasteiger partial charge is 0.229 e. The number of ether oxygens (including phenoxy) is 1. The van der Waals surface area contributed by atoms with Gasteiger partial charge in [0.25, 0.3) is 0 Å². The van der Waals surface area contributed by atoms with E-state index in [0.717, 1.165) is 5.69 Å². The number of methoxy groups -OCH3 is 1. The fourth-order valence-electron chi connectivity index (χ4n) is 2.11. The van der Waals surface area contributed by atoms with E-state index < -0.39 is 0 Å². The average molecular weight is 396 g/mol. The van der Waals surface area contributed by atoms with Gasteiger partial charge in [0.15, 0.2) is 0 Å². The molecule has 0 amide bonds. The molecule has 128 valence electrons. The number of halogens is 3. The Kier molecular flexibility index (Phi) is 5.48. The third kappa shape index (κ3) is 4.25. The SMILES string of the molecule is COc1ccc(Nc2ccnc(Nc3c(Cl)cccc3Cl)n2)cc1Cl. The van der Waals surface area contributed by atoms with Crippen LogP contribution in [-0.2, 0) is 0 Å². The molecule has 0 aliphatic rings. The number of anilines is 4. The maximum atomic E-state index is 6.15. The Hall–Kier alpha value is -2.21. The molecule has 2 N–H and O–H groups in total. The van der Waals surface area contributed by atoms with Crippen LogP contribution in [0.1, 0.15) is 0 Å². The molecule has 25 heavy (non-hydrogen) atoms. The summed E-state index contributed by atoms with van der Waals surface area (Å²) in [6.45, 7) is 0. The van der Waals surface area contributed by atoms with E-state index in [1.54, 1.807) is 49.7 Å². The highest BCUT2D eigenvalue weighted by atomic mass is 35.5. The molecular formula is C17H13Cl3N4O. The maximum Gasteiger partial charge on any atom is 0.229 e. The maximum absolute atomic E-state index is 6.15. The van der Waals surface area contributed by atoms with E-state index >= 15 is 0 Å². The van der Waals surface area contributed by atoms with E-state index in [1.165, 1.54) is 0 Å². The van der Waals surface area contributed by atoms with Crippen LogP contribution >= 0.6 is 34.8 Å². The van der Waals surface area contributed by atoms with Crippen molar-refractivity contribution in [3.8, 4) is 5.75 Å². The van der Waals surface area contributed by atoms with Crippen LogP contribution in [-0.4, -0.2) is 17.1 Å². The summed E-state index contributed by atoms with van der Waals surface area (Å²) in [6, 6.07) is 12.3. The Bertz CT molecular complexity index is 885. The highest BCUT2D eigenvalue weighted by Gasteiger charge is 2.08. The Balaban J connectivity index is 1.81. The number of para-hydroxylation sites is 1. The Morgan fingerprint density at radius 2 is 1.68 bits per heavy atom. The van der Waals surface area contributed by atoms with E-state index in [-0.39, 0.29) is 0 Å². The molecule has 0 bridgehead atoms. The third-order valence-corrected chi connectivity index (χ3v) is 4.20. The van der Waals surface area contributed by atoms with Crippen LogP contribution in [0.4, 0.5) is 23.1 Å². The molecule has 2 aromatic carbocycles. The average Bonchev–Trinajstić information content (AvgIpc) is 2.59. The van der Waals surface area contributed by atoms with Crippen molar-refractivity contribution in [2.45, 2.75) is 0 Å². The molecule has 8 heteroatoms. The lowest BCUT2D eigenvalue weighted by Gasteiger charge is -2.11. The van der Waals surface area contributed by atoms with E-state index in [2.05, 4.69) is 20.6 Å². The highest BCUT2D eigenvalue weighted by Crippen LogP contribution is 2.32. The fraction of sp³-hybridized carbons (Fsp3) is 0.0588. The molecule has 0 saturated carbocycles. The van der Waals surface area contributed by atoms with E-state index in [1.807, 2.05) is 6.07 Å². The quantitative estimate of drug-likeness (QED) is 0.560. The molecule has 0 spiro atoms. The minimum absolute atomic E-state index is 0.361. The molecule has 0 saturated heterocycles. The van der Waals surface area contributed by atoms with Crippen LogP contribution in [0.25, 0.3) is 0 Å². The molecule has 0 fully saturated rings. The predicted molar refractivity (Wildman–Crippen MR) is 103 cm³/mol. The number of rotatable bonds is 5. The van der Waals surface area contributed by atoms with Crippen LogP contribution in [0.2, 0.25) is 15.1 Å². The highest BCUT2D eigenvalue weighted by molar-refractivity contribution is 6.39. The third-order valence-electron chi connectivity index (χ3n) is 3.28. The zero-order chi connectivity index (χ0) is 17.8. The van der Waals surface area contributed by atoms with Crippen molar-refractivity contribution < 1.29 is 4.74 Å². The second kappa shape index (κ2) is 7.78. The number of nitrogens with zero attached hydrogens (tertiary/aromatic N) is 2. The topological polar surface area (TPSA) is 59.1 Å². The van der Waals surface area contributed by atoms with Crippen molar-refractivity contribution in [1.29, 1.82) is 0 Å². The van der Waals surface area contributed by atoms with E-state index in [4.69, 9.17) is 39.5 Å². The van der Waals surface area contributed by atoms with Gasteiger partial charge in [-0.15, -0.1) is 0 Å². The molecule has 3 rings (SSSR count). The van der Waals surface area contributed by atoms with Gasteiger partial charge in [-0.1, -0.05) is 40.9 Å². The summed E-state index contributed by atoms with van der Waals surface area (Å²) in [6.07, 6.45) is 1.62. The number of nitrogens with one attached hydrogen (secondary N) is 2. The first kappa shape index (κ1) is 17.6. The van der Waals surface area contributed by atoms with E-state index in [9.17, 15) is 0 Å². The first-order valence-electron chi connectivity index (χ1n) is 7.21. The molecule has 3 aromatic rings. The first-order valence-corrected chi connectivity index (χ1v) is 8.35. The number of benzene rings is 2. The Labute approximate surface area is 159 Å². The van der Waals surface area contributed by atoms with Crippen molar-refractivity contribution in [1.82, 2.24) is 9.97 Å². The van der Waals surface area contributed by atoms with Crippen LogP contribution < -0.4 is 15.4 Å². The molecule has 5 nitrogen and oxygen atoms in total. The largest absolute Gasteiger partial charge is 0.495 e. The van der Waals surface area contributed by atoms with Crippen LogP contribution in [0.15, 0.2) is 48.7 Å². The monoisotopic (exact) mass is 394 g/mol. The summed E-state index contributed by atoms with van der Waals surface area (Å²) in [4.78, 5) is 8.57. The van der Waals surface area contributed by atoms with Gasteiger partial charge in [0.1, 0.15) is 11.6 Å². The van der Waals surface area contributed by atoms with Crippen LogP contribution in [0.3, 0.4) is 0 Å². The van der Waals surface area contributed by atoms with Crippen molar-refractivity contribution in [3.05, 3.63) is 63.7 Å². The zero-order valence-corrected chi connectivity index (χ0v) is 15.3. The zero-order valence-electron chi connectivity index (χ0n) is 13.1. The predicted octanol–water partition coefficient (Wildman–Crippen LogP) is 5.93. The normalized spacial score (nSPS) is 10.4. The van der Waals surface area contributed by atoms with Gasteiger partial charge >= 0.3 is 0 Å². The van der Waals surface area contributed by atoms with Gasteiger partial charge < -0.3 is 15.4 Å². The molecule has 0 radical (unpaired) electrons. The van der Waals surface area contributed by atoms with Crippen LogP contribution in [0, 0.1) is 0 Å². The summed E-state index contributed by atoms with van der Waals surface area (Å²) in [7, 11) is 1.57. The number of hydrogen-bond acceptors (Lipinski definition) is 5. The van der Waals surface area contributed by atoms with Gasteiger partial charge in [-0.3, -0.25) is 0 Å². The second-order valence-electron chi connectivity index (χ2n) is 4.96. The first-order chi connectivity index (χ1) is 12.1. The molecule has 0 unspecified atom stereocenters. The van der Waals surface area contributed by atoms with E-state index in [0.29, 0.717) is 38.3 Å². The lowest BCUT2D eigenvalue weighted by atomic mass is 10.3. The lowest BCUT2D eigenvalue weighted by molar-refractivity contribution is 0.415. The summed E-state index contributed by atoms with van der Waals surface area (Å²) in [5, 5.41) is 7.65. The molecule has 1 aromatic heterocycles. The summed E-state index contributed by atoms with van der Waals surface area (Å²) in [5.74, 6) is 1.55. The number of hydrogen-bond donors (Lipinski definition) is 2. The van der Waals surface area contributed by atoms with Crippen molar-refractivity contribution in [2.75, 3.05) is 17.7 Å². The standard InChI is InChI=1S/C17H13Cl3N4O/c1-25-14-6-5-10(9-13(14)20)22-15-7-8-21-17(23-15)24-16-11(18)3-2-4-12(16)19/h2-9H,1H3,(H2,21,22,23,24). The Morgan fingerprint density at radius 3 is 2.36 bits per heavy atom. The minimum Gasteiger partial charge on any atom is -0.495 e. The van der Waals surface area contributed by atoms with Crippen molar-refractivity contribution in [3.63, 3.8) is 0 Å². The second-order valence-corrected chi connectivity index (χ2v) is 6.18. The van der Waals surface area contributed by atoms with Gasteiger partial charge in [0.2, 0.25) is 5.95 Å². The summed E-state index contributed by atoms with van der Waals surface area (Å²) < 4.78 is 5.14. The van der Waals surface area contributed by atoms with Gasteiger partial charge in [-0.25, -0.2) is 4.98 Å². The van der Waals surface area contributed by atoms with Crippen LogP contribution in [0.5, 0.6) is 5.75 Å². The lowest BCUT2D eigenvalue weighted by Crippen LogP contribution is -2.01. The van der Waals surface area contributed by atoms with Gasteiger partial charge in [0.05, 0.1) is 27.9 Å². The van der Waals surface area contributed by atoms with Gasteiger partial charge in [0, 0.05) is 11.9 Å². The minimum atomic E-state index is 0.361. The molecule has 0 aliphatic carbocycles. The summed E-state index contributed by atoms with van der Waals surface area (Å²) >= 11 is 18.4. The van der Waals surface area contributed by atoms with Gasteiger partial charge in [-0.05, 0) is 36.4 Å². The fourth-order valence-corrected chi connectivity index (χ4v) is 2.86. The molecule has 0 aliphatic heterocycles. The van der Waals surface area contributed by atoms with Gasteiger partial charge in [-0.2, -0.15) is 4.98 Å². The van der Waals surface area contributed by atoms with Crippen molar-refractivity contribution in [2.24, 2.45) is 0 Å². The summed E-state index contributed by atoms with van der Waals surface area (Å²) in [5.41, 5.74) is 1.32. The molecule has 0 atom stereocenters. The van der Waals surface area contributed by atoms with Crippen molar-refractivity contribution >= 4 is 57.9 Å². The molecule has 1 heterocycles. The molecular weight excluding hydrogens is 383 g/mol. The number of aromatic nitrogens is 2.